The molecule has 0 radical (unpaired) electrons. The minimum Gasteiger partial charge on any atom is -0.363 e. The molecule has 2 amide bonds. The summed E-state index contributed by atoms with van der Waals surface area (Å²) >= 11 is 0. The molecule has 0 saturated carbocycles. The second-order valence-electron chi connectivity index (χ2n) is 5.51. The standard InChI is InChI=1S/C14H22N4O/c19-14-17-13(12-5-3-8-16-12)10-18(14)9-6-11-4-1-2-7-15-11/h3,5,8,11,13,15-16H,1-2,4,6-7,9-10H2,(H,17,19). The third kappa shape index (κ3) is 2.92. The van der Waals surface area contributed by atoms with Crippen LogP contribution in [0.25, 0.3) is 0 Å². The molecule has 0 aliphatic carbocycles. The third-order valence-corrected chi connectivity index (χ3v) is 4.15. The van der Waals surface area contributed by atoms with Crippen molar-refractivity contribution in [2.75, 3.05) is 19.6 Å². The van der Waals surface area contributed by atoms with Gasteiger partial charge in [0.05, 0.1) is 6.04 Å². The first-order valence-electron chi connectivity index (χ1n) is 7.25. The molecular formula is C14H22N4O. The lowest BCUT2D eigenvalue weighted by Crippen LogP contribution is -2.38. The van der Waals surface area contributed by atoms with E-state index in [0.29, 0.717) is 6.04 Å². The van der Waals surface area contributed by atoms with Gasteiger partial charge in [0.2, 0.25) is 0 Å². The number of aromatic amines is 1. The number of hydrogen-bond acceptors (Lipinski definition) is 2. The predicted molar refractivity (Wildman–Crippen MR) is 73.9 cm³/mol. The van der Waals surface area contributed by atoms with E-state index < -0.39 is 0 Å². The summed E-state index contributed by atoms with van der Waals surface area (Å²) in [6.45, 7) is 2.74. The van der Waals surface area contributed by atoms with Crippen molar-refractivity contribution in [2.45, 2.75) is 37.8 Å². The topological polar surface area (TPSA) is 60.2 Å². The Hall–Kier alpha value is -1.49. The summed E-state index contributed by atoms with van der Waals surface area (Å²) in [5.74, 6) is 0. The fraction of sp³-hybridized carbons (Fsp3) is 0.643. The zero-order valence-electron chi connectivity index (χ0n) is 11.2. The molecule has 1 aromatic heterocycles. The molecule has 5 heteroatoms. The van der Waals surface area contributed by atoms with Crippen LogP contribution in [0.2, 0.25) is 0 Å². The summed E-state index contributed by atoms with van der Waals surface area (Å²) in [4.78, 5) is 17.0. The molecule has 5 nitrogen and oxygen atoms in total. The Kier molecular flexibility index (Phi) is 3.73. The van der Waals surface area contributed by atoms with Gasteiger partial charge in [-0.25, -0.2) is 4.79 Å². The van der Waals surface area contributed by atoms with E-state index in [4.69, 9.17) is 0 Å². The van der Waals surface area contributed by atoms with Gasteiger partial charge in [-0.15, -0.1) is 0 Å². The van der Waals surface area contributed by atoms with Gasteiger partial charge in [0, 0.05) is 31.0 Å². The molecule has 1 aromatic rings. The van der Waals surface area contributed by atoms with Gasteiger partial charge in [-0.05, 0) is 37.9 Å². The number of carbonyl (C=O) groups is 1. The van der Waals surface area contributed by atoms with Crippen LogP contribution in [0.1, 0.15) is 37.4 Å². The predicted octanol–water partition coefficient (Wildman–Crippen LogP) is 1.61. The highest BCUT2D eigenvalue weighted by Gasteiger charge is 2.30. The molecule has 2 aliphatic rings. The molecule has 2 aliphatic heterocycles. The molecule has 2 atom stereocenters. The number of aromatic nitrogens is 1. The zero-order valence-corrected chi connectivity index (χ0v) is 11.2. The number of piperidine rings is 1. The van der Waals surface area contributed by atoms with Gasteiger partial charge >= 0.3 is 6.03 Å². The molecule has 2 fully saturated rings. The second kappa shape index (κ2) is 5.65. The van der Waals surface area contributed by atoms with Crippen molar-refractivity contribution in [3.05, 3.63) is 24.0 Å². The van der Waals surface area contributed by atoms with E-state index in [-0.39, 0.29) is 12.1 Å². The average molecular weight is 262 g/mol. The number of carbonyl (C=O) groups excluding carboxylic acids is 1. The molecule has 2 unspecified atom stereocenters. The molecule has 104 valence electrons. The van der Waals surface area contributed by atoms with Crippen LogP contribution in [0.4, 0.5) is 4.79 Å². The molecule has 0 bridgehead atoms. The number of rotatable bonds is 4. The van der Waals surface area contributed by atoms with Crippen molar-refractivity contribution >= 4 is 6.03 Å². The van der Waals surface area contributed by atoms with Crippen molar-refractivity contribution in [1.29, 1.82) is 0 Å². The summed E-state index contributed by atoms with van der Waals surface area (Å²) in [6.07, 6.45) is 6.81. The van der Waals surface area contributed by atoms with E-state index in [1.165, 1.54) is 19.3 Å². The van der Waals surface area contributed by atoms with Crippen LogP contribution in [-0.4, -0.2) is 41.6 Å². The Bertz CT molecular complexity index is 411. The van der Waals surface area contributed by atoms with Crippen LogP contribution in [0.15, 0.2) is 18.3 Å². The zero-order chi connectivity index (χ0) is 13.1. The lowest BCUT2D eigenvalue weighted by Gasteiger charge is -2.25. The number of nitrogens with zero attached hydrogens (tertiary/aromatic N) is 1. The molecule has 19 heavy (non-hydrogen) atoms. The second-order valence-corrected chi connectivity index (χ2v) is 5.51. The first-order chi connectivity index (χ1) is 9.33. The van der Waals surface area contributed by atoms with Crippen LogP contribution in [0.3, 0.4) is 0 Å². The molecular weight excluding hydrogens is 240 g/mol. The summed E-state index contributed by atoms with van der Waals surface area (Å²) in [7, 11) is 0. The van der Waals surface area contributed by atoms with Crippen LogP contribution in [-0.2, 0) is 0 Å². The van der Waals surface area contributed by atoms with Crippen LogP contribution >= 0.6 is 0 Å². The summed E-state index contributed by atoms with van der Waals surface area (Å²) in [5, 5.41) is 6.56. The van der Waals surface area contributed by atoms with E-state index in [9.17, 15) is 4.79 Å². The number of hydrogen-bond donors (Lipinski definition) is 3. The van der Waals surface area contributed by atoms with E-state index in [2.05, 4.69) is 15.6 Å². The molecule has 3 rings (SSSR count). The van der Waals surface area contributed by atoms with Crippen LogP contribution in [0.5, 0.6) is 0 Å². The Morgan fingerprint density at radius 3 is 3.05 bits per heavy atom. The van der Waals surface area contributed by atoms with Gasteiger partial charge in [0.15, 0.2) is 0 Å². The molecule has 2 saturated heterocycles. The maximum Gasteiger partial charge on any atom is 0.318 e. The normalized spacial score (nSPS) is 27.6. The van der Waals surface area contributed by atoms with Crippen LogP contribution in [0, 0.1) is 0 Å². The maximum absolute atomic E-state index is 11.9. The number of nitrogens with one attached hydrogen (secondary N) is 3. The van der Waals surface area contributed by atoms with Crippen molar-refractivity contribution in [1.82, 2.24) is 20.5 Å². The number of H-pyrrole nitrogens is 1. The SMILES string of the molecule is O=C1NC(c2ccc[nH]2)CN1CCC1CCCCN1. The minimum atomic E-state index is 0.0652. The van der Waals surface area contributed by atoms with Crippen LogP contribution < -0.4 is 10.6 Å². The van der Waals surface area contributed by atoms with Gasteiger partial charge in [0.1, 0.15) is 0 Å². The molecule has 0 spiro atoms. The molecule has 3 N–H and O–H groups in total. The van der Waals surface area contributed by atoms with Gasteiger partial charge in [-0.1, -0.05) is 6.42 Å². The monoisotopic (exact) mass is 262 g/mol. The first-order valence-corrected chi connectivity index (χ1v) is 7.25. The van der Waals surface area contributed by atoms with E-state index >= 15 is 0 Å². The van der Waals surface area contributed by atoms with E-state index in [1.807, 2.05) is 23.2 Å². The summed E-state index contributed by atoms with van der Waals surface area (Å²) < 4.78 is 0. The lowest BCUT2D eigenvalue weighted by molar-refractivity contribution is 0.213. The third-order valence-electron chi connectivity index (χ3n) is 4.15. The van der Waals surface area contributed by atoms with Crippen molar-refractivity contribution in [2.24, 2.45) is 0 Å². The highest BCUT2D eigenvalue weighted by atomic mass is 16.2. The Morgan fingerprint density at radius 1 is 1.37 bits per heavy atom. The van der Waals surface area contributed by atoms with Gasteiger partial charge < -0.3 is 20.5 Å². The van der Waals surface area contributed by atoms with Gasteiger partial charge in [-0.3, -0.25) is 0 Å². The Balaban J connectivity index is 1.50. The highest BCUT2D eigenvalue weighted by molar-refractivity contribution is 5.77. The quantitative estimate of drug-likeness (QED) is 0.772. The fourth-order valence-electron chi connectivity index (χ4n) is 3.00. The first kappa shape index (κ1) is 12.5. The largest absolute Gasteiger partial charge is 0.363 e. The fourth-order valence-corrected chi connectivity index (χ4v) is 3.00. The Morgan fingerprint density at radius 2 is 2.32 bits per heavy atom. The smallest absolute Gasteiger partial charge is 0.318 e. The Labute approximate surface area is 113 Å². The van der Waals surface area contributed by atoms with E-state index in [0.717, 1.165) is 31.7 Å². The minimum absolute atomic E-state index is 0.0652. The highest BCUT2D eigenvalue weighted by Crippen LogP contribution is 2.19. The van der Waals surface area contributed by atoms with Crippen molar-refractivity contribution in [3.63, 3.8) is 0 Å². The average Bonchev–Trinajstić information content (AvgIpc) is 3.07. The molecule has 3 heterocycles. The summed E-state index contributed by atoms with van der Waals surface area (Å²) in [5.41, 5.74) is 1.09. The van der Waals surface area contributed by atoms with E-state index in [1.54, 1.807) is 0 Å². The van der Waals surface area contributed by atoms with Crippen molar-refractivity contribution < 1.29 is 4.79 Å². The van der Waals surface area contributed by atoms with Gasteiger partial charge in [-0.2, -0.15) is 0 Å². The van der Waals surface area contributed by atoms with Crippen molar-refractivity contribution in [3.8, 4) is 0 Å². The summed E-state index contributed by atoms with van der Waals surface area (Å²) in [6, 6.07) is 4.76. The lowest BCUT2D eigenvalue weighted by atomic mass is 10.0. The number of amides is 2. The maximum atomic E-state index is 11.9. The van der Waals surface area contributed by atoms with Gasteiger partial charge in [0.25, 0.3) is 0 Å². The molecule has 0 aromatic carbocycles. The number of urea groups is 1.